The molecule has 0 aromatic carbocycles. The Balaban J connectivity index is 2.18. The van der Waals surface area contributed by atoms with Crippen LogP contribution in [0.3, 0.4) is 0 Å². The standard InChI is InChI=1S/C12H18N4O/c1-3-6-13-9-12-10(5-7-17-12)11-8-14-15-16(11)4-2/h5,7-8,13H,3-4,6,9H2,1-2H3. The number of rotatable bonds is 6. The van der Waals surface area contributed by atoms with Crippen LogP contribution >= 0.6 is 0 Å². The van der Waals surface area contributed by atoms with Crippen LogP contribution in [0.1, 0.15) is 26.0 Å². The lowest BCUT2D eigenvalue weighted by molar-refractivity contribution is 0.484. The highest BCUT2D eigenvalue weighted by Gasteiger charge is 2.12. The fraction of sp³-hybridized carbons (Fsp3) is 0.500. The van der Waals surface area contributed by atoms with Crippen molar-refractivity contribution in [1.29, 1.82) is 0 Å². The van der Waals surface area contributed by atoms with Gasteiger partial charge in [-0.25, -0.2) is 4.68 Å². The molecule has 92 valence electrons. The molecule has 0 aliphatic heterocycles. The van der Waals surface area contributed by atoms with Gasteiger partial charge in [0.1, 0.15) is 5.76 Å². The van der Waals surface area contributed by atoms with E-state index in [1.165, 1.54) is 0 Å². The number of nitrogens with one attached hydrogen (secondary N) is 1. The van der Waals surface area contributed by atoms with Crippen molar-refractivity contribution in [2.24, 2.45) is 0 Å². The van der Waals surface area contributed by atoms with Crippen LogP contribution in [0.2, 0.25) is 0 Å². The van der Waals surface area contributed by atoms with Crippen molar-refractivity contribution in [2.75, 3.05) is 6.54 Å². The van der Waals surface area contributed by atoms with Crippen molar-refractivity contribution in [3.63, 3.8) is 0 Å². The van der Waals surface area contributed by atoms with Crippen LogP contribution < -0.4 is 5.32 Å². The lowest BCUT2D eigenvalue weighted by Gasteiger charge is -2.05. The molecular formula is C12H18N4O. The van der Waals surface area contributed by atoms with Crippen LogP contribution in [0.25, 0.3) is 11.3 Å². The summed E-state index contributed by atoms with van der Waals surface area (Å²) in [5.74, 6) is 0.940. The summed E-state index contributed by atoms with van der Waals surface area (Å²) in [6.07, 6.45) is 4.60. The number of furan rings is 1. The van der Waals surface area contributed by atoms with E-state index >= 15 is 0 Å². The Morgan fingerprint density at radius 1 is 1.41 bits per heavy atom. The second kappa shape index (κ2) is 5.63. The topological polar surface area (TPSA) is 55.9 Å². The number of aryl methyl sites for hydroxylation is 1. The van der Waals surface area contributed by atoms with Crippen LogP contribution in [0.15, 0.2) is 22.9 Å². The average molecular weight is 234 g/mol. The van der Waals surface area contributed by atoms with Crippen LogP contribution in [-0.4, -0.2) is 21.5 Å². The normalized spacial score (nSPS) is 10.9. The maximum atomic E-state index is 5.50. The van der Waals surface area contributed by atoms with Crippen molar-refractivity contribution < 1.29 is 4.42 Å². The maximum Gasteiger partial charge on any atom is 0.126 e. The quantitative estimate of drug-likeness (QED) is 0.777. The third kappa shape index (κ3) is 2.55. The molecule has 2 aromatic heterocycles. The molecule has 0 saturated carbocycles. The van der Waals surface area contributed by atoms with Crippen LogP contribution in [0.5, 0.6) is 0 Å². The summed E-state index contributed by atoms with van der Waals surface area (Å²) in [6.45, 7) is 6.73. The predicted molar refractivity (Wildman–Crippen MR) is 65.4 cm³/mol. The van der Waals surface area contributed by atoms with E-state index in [0.717, 1.165) is 43.1 Å². The van der Waals surface area contributed by atoms with Gasteiger partial charge < -0.3 is 9.73 Å². The van der Waals surface area contributed by atoms with Crippen molar-refractivity contribution in [1.82, 2.24) is 20.3 Å². The van der Waals surface area contributed by atoms with Gasteiger partial charge in [0.2, 0.25) is 0 Å². The summed E-state index contributed by atoms with van der Waals surface area (Å²) in [4.78, 5) is 0. The van der Waals surface area contributed by atoms with E-state index in [9.17, 15) is 0 Å². The van der Waals surface area contributed by atoms with Gasteiger partial charge in [-0.3, -0.25) is 0 Å². The number of aromatic nitrogens is 3. The van der Waals surface area contributed by atoms with Crippen molar-refractivity contribution in [2.45, 2.75) is 33.4 Å². The van der Waals surface area contributed by atoms with Crippen LogP contribution in [0, 0.1) is 0 Å². The van der Waals surface area contributed by atoms with Crippen LogP contribution in [0.4, 0.5) is 0 Å². The molecule has 5 heteroatoms. The first-order chi connectivity index (χ1) is 8.36. The summed E-state index contributed by atoms with van der Waals surface area (Å²) in [7, 11) is 0. The molecule has 0 unspecified atom stereocenters. The first-order valence-corrected chi connectivity index (χ1v) is 6.02. The molecule has 0 atom stereocenters. The van der Waals surface area contributed by atoms with Crippen molar-refractivity contribution in [3.8, 4) is 11.3 Å². The molecule has 2 rings (SSSR count). The number of nitrogens with zero attached hydrogens (tertiary/aromatic N) is 3. The van der Waals surface area contributed by atoms with Gasteiger partial charge in [0.25, 0.3) is 0 Å². The molecule has 0 spiro atoms. The minimum atomic E-state index is 0.741. The average Bonchev–Trinajstić information content (AvgIpc) is 2.96. The zero-order valence-corrected chi connectivity index (χ0v) is 10.3. The molecule has 0 bridgehead atoms. The highest BCUT2D eigenvalue weighted by Crippen LogP contribution is 2.23. The molecule has 0 aliphatic rings. The van der Waals surface area contributed by atoms with E-state index in [0.29, 0.717) is 0 Å². The maximum absolute atomic E-state index is 5.50. The summed E-state index contributed by atoms with van der Waals surface area (Å²) in [5.41, 5.74) is 2.08. The molecule has 5 nitrogen and oxygen atoms in total. The molecule has 17 heavy (non-hydrogen) atoms. The Kier molecular flexibility index (Phi) is 3.93. The van der Waals surface area contributed by atoms with Gasteiger partial charge in [0.15, 0.2) is 0 Å². The fourth-order valence-corrected chi connectivity index (χ4v) is 1.78. The first-order valence-electron chi connectivity index (χ1n) is 6.02. The Bertz CT molecular complexity index is 461. The third-order valence-corrected chi connectivity index (χ3v) is 2.65. The van der Waals surface area contributed by atoms with E-state index in [4.69, 9.17) is 4.42 Å². The lowest BCUT2D eigenvalue weighted by Crippen LogP contribution is -2.14. The van der Waals surface area contributed by atoms with Gasteiger partial charge in [0, 0.05) is 12.1 Å². The third-order valence-electron chi connectivity index (χ3n) is 2.65. The summed E-state index contributed by atoms with van der Waals surface area (Å²) >= 11 is 0. The van der Waals surface area contributed by atoms with E-state index in [2.05, 4.69) is 22.6 Å². The molecule has 0 saturated heterocycles. The fourth-order valence-electron chi connectivity index (χ4n) is 1.78. The highest BCUT2D eigenvalue weighted by molar-refractivity contribution is 5.60. The number of hydrogen-bond acceptors (Lipinski definition) is 4. The smallest absolute Gasteiger partial charge is 0.126 e. The van der Waals surface area contributed by atoms with Gasteiger partial charge in [-0.2, -0.15) is 0 Å². The van der Waals surface area contributed by atoms with Crippen molar-refractivity contribution in [3.05, 3.63) is 24.3 Å². The largest absolute Gasteiger partial charge is 0.467 e. The Morgan fingerprint density at radius 3 is 3.06 bits per heavy atom. The minimum absolute atomic E-state index is 0.741. The zero-order valence-electron chi connectivity index (χ0n) is 10.3. The van der Waals surface area contributed by atoms with E-state index < -0.39 is 0 Å². The van der Waals surface area contributed by atoms with Crippen molar-refractivity contribution >= 4 is 0 Å². The minimum Gasteiger partial charge on any atom is -0.467 e. The molecule has 0 radical (unpaired) electrons. The Labute approximate surface area is 101 Å². The second-order valence-corrected chi connectivity index (χ2v) is 3.87. The van der Waals surface area contributed by atoms with Gasteiger partial charge in [0.05, 0.1) is 24.7 Å². The first kappa shape index (κ1) is 11.9. The molecule has 0 amide bonds. The summed E-state index contributed by atoms with van der Waals surface area (Å²) < 4.78 is 7.37. The van der Waals surface area contributed by atoms with Gasteiger partial charge in [-0.15, -0.1) is 5.10 Å². The molecular weight excluding hydrogens is 216 g/mol. The van der Waals surface area contributed by atoms with Gasteiger partial charge >= 0.3 is 0 Å². The zero-order chi connectivity index (χ0) is 12.1. The second-order valence-electron chi connectivity index (χ2n) is 3.87. The van der Waals surface area contributed by atoms with E-state index in [1.54, 1.807) is 12.5 Å². The van der Waals surface area contributed by atoms with E-state index in [1.807, 2.05) is 17.7 Å². The molecule has 0 fully saturated rings. The summed E-state index contributed by atoms with van der Waals surface area (Å²) in [6, 6.07) is 1.97. The molecule has 0 aliphatic carbocycles. The SMILES string of the molecule is CCCNCc1occc1-c1cnnn1CC. The molecule has 2 heterocycles. The monoisotopic (exact) mass is 234 g/mol. The Hall–Kier alpha value is -1.62. The number of hydrogen-bond donors (Lipinski definition) is 1. The summed E-state index contributed by atoms with van der Waals surface area (Å²) in [5, 5.41) is 11.3. The predicted octanol–water partition coefficient (Wildman–Crippen LogP) is 2.06. The van der Waals surface area contributed by atoms with Gasteiger partial charge in [-0.05, 0) is 26.0 Å². The molecule has 1 N–H and O–H groups in total. The van der Waals surface area contributed by atoms with Gasteiger partial charge in [-0.1, -0.05) is 12.1 Å². The highest BCUT2D eigenvalue weighted by atomic mass is 16.3. The van der Waals surface area contributed by atoms with E-state index in [-0.39, 0.29) is 0 Å². The van der Waals surface area contributed by atoms with Crippen LogP contribution in [-0.2, 0) is 13.1 Å². The molecule has 2 aromatic rings. The Morgan fingerprint density at radius 2 is 2.29 bits per heavy atom. The lowest BCUT2D eigenvalue weighted by atomic mass is 10.2.